The van der Waals surface area contributed by atoms with Crippen LogP contribution in [0.2, 0.25) is 5.15 Å². The predicted octanol–water partition coefficient (Wildman–Crippen LogP) is 2.54. The van der Waals surface area contributed by atoms with E-state index in [1.54, 1.807) is 6.92 Å². The summed E-state index contributed by atoms with van der Waals surface area (Å²) in [6.07, 6.45) is -1.74. The Balaban J connectivity index is 2.89. The summed E-state index contributed by atoms with van der Waals surface area (Å²) in [5, 5.41) is -0.0377. The third-order valence-corrected chi connectivity index (χ3v) is 2.16. The Kier molecular flexibility index (Phi) is 4.89. The van der Waals surface area contributed by atoms with Gasteiger partial charge in [0, 0.05) is 6.54 Å². The van der Waals surface area contributed by atoms with Crippen LogP contribution >= 0.6 is 11.6 Å². The Morgan fingerprint density at radius 1 is 1.44 bits per heavy atom. The highest BCUT2D eigenvalue weighted by molar-refractivity contribution is 6.29. The Labute approximate surface area is 107 Å². The second-order valence-corrected chi connectivity index (χ2v) is 3.96. The predicted molar refractivity (Wildman–Crippen MR) is 59.3 cm³/mol. The van der Waals surface area contributed by atoms with Crippen LogP contribution in [0.5, 0.6) is 0 Å². The molecule has 0 aliphatic carbocycles. The molecule has 0 aliphatic rings. The molecule has 0 unspecified atom stereocenters. The van der Waals surface area contributed by atoms with Crippen LogP contribution in [-0.2, 0) is 0 Å². The van der Waals surface area contributed by atoms with Crippen molar-refractivity contribution in [1.82, 2.24) is 14.9 Å². The van der Waals surface area contributed by atoms with Crippen LogP contribution in [0.3, 0.4) is 0 Å². The van der Waals surface area contributed by atoms with Crippen molar-refractivity contribution in [3.8, 4) is 0 Å². The van der Waals surface area contributed by atoms with Gasteiger partial charge in [0.05, 0.1) is 12.4 Å². The van der Waals surface area contributed by atoms with E-state index in [1.165, 1.54) is 6.20 Å². The lowest BCUT2D eigenvalue weighted by atomic mass is 10.3. The molecule has 1 aromatic heterocycles. The number of carbonyl (C=O) groups excluding carboxylic acids is 1. The van der Waals surface area contributed by atoms with Crippen LogP contribution in [0.4, 0.5) is 13.2 Å². The Morgan fingerprint density at radius 2 is 2.11 bits per heavy atom. The zero-order valence-electron chi connectivity index (χ0n) is 9.54. The van der Waals surface area contributed by atoms with Crippen LogP contribution in [0, 0.1) is 0 Å². The SMILES string of the molecule is CCCN(CC(F)(F)F)C(=O)c1cncc(Cl)n1. The molecule has 100 valence electrons. The van der Waals surface area contributed by atoms with E-state index in [9.17, 15) is 18.0 Å². The lowest BCUT2D eigenvalue weighted by molar-refractivity contribution is -0.140. The minimum atomic E-state index is -4.45. The summed E-state index contributed by atoms with van der Waals surface area (Å²) in [6, 6.07) is 0. The average Bonchev–Trinajstić information content (AvgIpc) is 2.26. The quantitative estimate of drug-likeness (QED) is 0.852. The lowest BCUT2D eigenvalue weighted by Gasteiger charge is -2.22. The van der Waals surface area contributed by atoms with Gasteiger partial charge in [-0.15, -0.1) is 0 Å². The van der Waals surface area contributed by atoms with E-state index in [-0.39, 0.29) is 17.4 Å². The van der Waals surface area contributed by atoms with Crippen molar-refractivity contribution in [1.29, 1.82) is 0 Å². The van der Waals surface area contributed by atoms with Gasteiger partial charge >= 0.3 is 6.18 Å². The highest BCUT2D eigenvalue weighted by Gasteiger charge is 2.33. The lowest BCUT2D eigenvalue weighted by Crippen LogP contribution is -2.39. The Hall–Kier alpha value is -1.37. The summed E-state index contributed by atoms with van der Waals surface area (Å²) < 4.78 is 37.0. The molecule has 1 heterocycles. The van der Waals surface area contributed by atoms with E-state index in [4.69, 9.17) is 11.6 Å². The zero-order chi connectivity index (χ0) is 13.8. The molecule has 0 fully saturated rings. The zero-order valence-corrected chi connectivity index (χ0v) is 10.3. The van der Waals surface area contributed by atoms with Crippen LogP contribution in [0.1, 0.15) is 23.8 Å². The minimum Gasteiger partial charge on any atom is -0.328 e. The number of halogens is 4. The third-order valence-electron chi connectivity index (χ3n) is 1.98. The maximum absolute atomic E-state index is 12.3. The average molecular weight is 282 g/mol. The van der Waals surface area contributed by atoms with Gasteiger partial charge in [-0.25, -0.2) is 4.98 Å². The van der Waals surface area contributed by atoms with Crippen LogP contribution < -0.4 is 0 Å². The number of carbonyl (C=O) groups is 1. The van der Waals surface area contributed by atoms with Gasteiger partial charge in [-0.1, -0.05) is 18.5 Å². The van der Waals surface area contributed by atoms with Gasteiger partial charge in [-0.3, -0.25) is 9.78 Å². The molecule has 0 aliphatic heterocycles. The van der Waals surface area contributed by atoms with Gasteiger partial charge in [-0.05, 0) is 6.42 Å². The van der Waals surface area contributed by atoms with Gasteiger partial charge < -0.3 is 4.90 Å². The van der Waals surface area contributed by atoms with Gasteiger partial charge in [0.1, 0.15) is 17.4 Å². The fraction of sp³-hybridized carbons (Fsp3) is 0.500. The van der Waals surface area contributed by atoms with Crippen LogP contribution in [0.25, 0.3) is 0 Å². The molecular weight excluding hydrogens is 271 g/mol. The summed E-state index contributed by atoms with van der Waals surface area (Å²) in [6.45, 7) is 0.362. The molecule has 0 saturated carbocycles. The number of amides is 1. The van der Waals surface area contributed by atoms with Crippen molar-refractivity contribution in [3.63, 3.8) is 0 Å². The Morgan fingerprint density at radius 3 is 2.61 bits per heavy atom. The monoisotopic (exact) mass is 281 g/mol. The van der Waals surface area contributed by atoms with Crippen molar-refractivity contribution in [2.24, 2.45) is 0 Å². The molecule has 18 heavy (non-hydrogen) atoms. The van der Waals surface area contributed by atoms with Gasteiger partial charge in [0.15, 0.2) is 0 Å². The van der Waals surface area contributed by atoms with E-state index < -0.39 is 18.6 Å². The number of hydrogen-bond donors (Lipinski definition) is 0. The number of nitrogens with zero attached hydrogens (tertiary/aromatic N) is 3. The fourth-order valence-corrected chi connectivity index (χ4v) is 1.49. The second-order valence-electron chi connectivity index (χ2n) is 3.57. The highest BCUT2D eigenvalue weighted by atomic mass is 35.5. The Bertz CT molecular complexity index is 425. The van der Waals surface area contributed by atoms with E-state index in [0.29, 0.717) is 11.3 Å². The molecule has 0 saturated heterocycles. The topological polar surface area (TPSA) is 46.1 Å². The maximum atomic E-state index is 12.3. The smallest absolute Gasteiger partial charge is 0.328 e. The molecule has 0 aromatic carbocycles. The van der Waals surface area contributed by atoms with Crippen molar-refractivity contribution in [2.75, 3.05) is 13.1 Å². The van der Waals surface area contributed by atoms with Gasteiger partial charge in [-0.2, -0.15) is 13.2 Å². The first-order valence-electron chi connectivity index (χ1n) is 5.17. The summed E-state index contributed by atoms with van der Waals surface area (Å²) >= 11 is 5.54. The van der Waals surface area contributed by atoms with Gasteiger partial charge in [0.25, 0.3) is 5.91 Å². The standard InChI is InChI=1S/C10H11ClF3N3O/c1-2-3-17(6-10(12,13)14)9(18)7-4-15-5-8(11)16-7/h4-5H,2-3,6H2,1H3. The molecule has 0 bridgehead atoms. The fourth-order valence-electron chi connectivity index (χ4n) is 1.35. The number of hydrogen-bond acceptors (Lipinski definition) is 3. The molecule has 8 heteroatoms. The molecule has 0 N–H and O–H groups in total. The number of rotatable bonds is 4. The summed E-state index contributed by atoms with van der Waals surface area (Å²) in [5.74, 6) is -0.829. The van der Waals surface area contributed by atoms with Crippen molar-refractivity contribution < 1.29 is 18.0 Å². The first kappa shape index (κ1) is 14.7. The normalized spacial score (nSPS) is 11.4. The number of alkyl halides is 3. The molecule has 0 radical (unpaired) electrons. The summed E-state index contributed by atoms with van der Waals surface area (Å²) in [4.78, 5) is 19.8. The van der Waals surface area contributed by atoms with Crippen molar-refractivity contribution in [2.45, 2.75) is 19.5 Å². The first-order valence-corrected chi connectivity index (χ1v) is 5.55. The molecule has 1 aromatic rings. The van der Waals surface area contributed by atoms with E-state index in [1.807, 2.05) is 0 Å². The van der Waals surface area contributed by atoms with E-state index >= 15 is 0 Å². The summed E-state index contributed by atoms with van der Waals surface area (Å²) in [5.41, 5.74) is -0.194. The molecule has 1 rings (SSSR count). The molecule has 0 spiro atoms. The third kappa shape index (κ3) is 4.48. The highest BCUT2D eigenvalue weighted by Crippen LogP contribution is 2.18. The van der Waals surface area contributed by atoms with Crippen LogP contribution in [-0.4, -0.2) is 40.0 Å². The minimum absolute atomic E-state index is 0.00740. The van der Waals surface area contributed by atoms with Crippen molar-refractivity contribution in [3.05, 3.63) is 23.2 Å². The number of aromatic nitrogens is 2. The second kappa shape index (κ2) is 5.99. The molecule has 4 nitrogen and oxygen atoms in total. The molecular formula is C10H11ClF3N3O. The maximum Gasteiger partial charge on any atom is 0.406 e. The first-order chi connectivity index (χ1) is 8.33. The van der Waals surface area contributed by atoms with Crippen LogP contribution in [0.15, 0.2) is 12.4 Å². The van der Waals surface area contributed by atoms with Gasteiger partial charge in [0.2, 0.25) is 0 Å². The van der Waals surface area contributed by atoms with E-state index in [0.717, 1.165) is 6.20 Å². The molecule has 0 atom stereocenters. The van der Waals surface area contributed by atoms with E-state index in [2.05, 4.69) is 9.97 Å². The largest absolute Gasteiger partial charge is 0.406 e. The molecule has 1 amide bonds. The van der Waals surface area contributed by atoms with Crippen molar-refractivity contribution >= 4 is 17.5 Å². The summed E-state index contributed by atoms with van der Waals surface area (Å²) in [7, 11) is 0.